The number of amides is 2. The van der Waals surface area contributed by atoms with E-state index in [9.17, 15) is 9.59 Å². The minimum atomic E-state index is -1.57. The fourth-order valence-electron chi connectivity index (χ4n) is 1.58. The zero-order valence-corrected chi connectivity index (χ0v) is 10.7. The first-order valence-corrected chi connectivity index (χ1v) is 5.91. The van der Waals surface area contributed by atoms with E-state index in [0.29, 0.717) is 11.4 Å². The molecule has 0 aliphatic carbocycles. The lowest BCUT2D eigenvalue weighted by atomic mass is 10.2. The Bertz CT molecular complexity index is 654. The van der Waals surface area contributed by atoms with E-state index in [4.69, 9.17) is 10.2 Å². The summed E-state index contributed by atoms with van der Waals surface area (Å²) < 4.78 is 0. The van der Waals surface area contributed by atoms with Crippen molar-refractivity contribution in [1.82, 2.24) is 0 Å². The van der Waals surface area contributed by atoms with Gasteiger partial charge in [-0.15, -0.1) is 0 Å². The zero-order valence-electron chi connectivity index (χ0n) is 10.7. The van der Waals surface area contributed by atoms with Crippen LogP contribution in [0.3, 0.4) is 0 Å². The van der Waals surface area contributed by atoms with Gasteiger partial charge in [0.1, 0.15) is 0 Å². The van der Waals surface area contributed by atoms with E-state index < -0.39 is 12.2 Å². The Balaban J connectivity index is 2.17. The Morgan fingerprint density at radius 1 is 0.762 bits per heavy atom. The number of rotatable bonds is 3. The summed E-state index contributed by atoms with van der Waals surface area (Å²) in [4.78, 5) is 21.9. The lowest BCUT2D eigenvalue weighted by molar-refractivity contribution is 0.184. The molecule has 0 saturated heterocycles. The van der Waals surface area contributed by atoms with Gasteiger partial charge in [0, 0.05) is 0 Å². The van der Waals surface area contributed by atoms with E-state index in [1.807, 2.05) is 18.2 Å². The van der Waals surface area contributed by atoms with Crippen molar-refractivity contribution in [3.05, 3.63) is 54.6 Å². The fourth-order valence-corrected chi connectivity index (χ4v) is 1.58. The molecule has 0 saturated carbocycles. The number of anilines is 1. The molecule has 0 heterocycles. The van der Waals surface area contributed by atoms with Crippen LogP contribution >= 0.6 is 0 Å². The van der Waals surface area contributed by atoms with E-state index in [2.05, 4.69) is 10.2 Å². The molecule has 2 rings (SSSR count). The van der Waals surface area contributed by atoms with Gasteiger partial charge < -0.3 is 10.2 Å². The Labute approximate surface area is 119 Å². The quantitative estimate of drug-likeness (QED) is 0.822. The molecule has 0 atom stereocenters. The summed E-state index contributed by atoms with van der Waals surface area (Å²) in [6.07, 6.45) is -3.14. The van der Waals surface area contributed by atoms with Crippen molar-refractivity contribution in [2.24, 2.45) is 10.2 Å². The van der Waals surface area contributed by atoms with Crippen LogP contribution in [0.1, 0.15) is 0 Å². The highest BCUT2D eigenvalue weighted by Gasteiger charge is 2.21. The van der Waals surface area contributed by atoms with Crippen molar-refractivity contribution < 1.29 is 19.8 Å². The highest BCUT2D eigenvalue weighted by atomic mass is 16.4. The van der Waals surface area contributed by atoms with Gasteiger partial charge >= 0.3 is 12.2 Å². The number of azo groups is 1. The molecular weight excluding hydrogens is 274 g/mol. The number of hydrogen-bond acceptors (Lipinski definition) is 4. The van der Waals surface area contributed by atoms with Crippen molar-refractivity contribution in [3.8, 4) is 0 Å². The summed E-state index contributed by atoms with van der Waals surface area (Å²) in [6, 6.07) is 14.8. The van der Waals surface area contributed by atoms with Crippen LogP contribution in [0.2, 0.25) is 0 Å². The summed E-state index contributed by atoms with van der Waals surface area (Å²) in [5.74, 6) is 0. The molecule has 0 radical (unpaired) electrons. The smallest absolute Gasteiger partial charge is 0.421 e. The van der Waals surface area contributed by atoms with Crippen LogP contribution < -0.4 is 4.90 Å². The predicted octanol–water partition coefficient (Wildman–Crippen LogP) is 4.26. The highest BCUT2D eigenvalue weighted by molar-refractivity contribution is 6.07. The van der Waals surface area contributed by atoms with Crippen LogP contribution in [0.4, 0.5) is 26.7 Å². The Kier molecular flexibility index (Phi) is 4.25. The van der Waals surface area contributed by atoms with Gasteiger partial charge in [0.15, 0.2) is 0 Å². The topological polar surface area (TPSA) is 103 Å². The Morgan fingerprint density at radius 3 is 1.71 bits per heavy atom. The molecular formula is C14H11N3O4. The van der Waals surface area contributed by atoms with Crippen molar-refractivity contribution in [2.45, 2.75) is 0 Å². The number of carboxylic acid groups (broad SMARTS) is 2. The third-order valence-electron chi connectivity index (χ3n) is 2.53. The maximum absolute atomic E-state index is 10.8. The van der Waals surface area contributed by atoms with Gasteiger partial charge in [-0.3, -0.25) is 0 Å². The van der Waals surface area contributed by atoms with E-state index in [-0.39, 0.29) is 10.6 Å². The minimum Gasteiger partial charge on any atom is -0.464 e. The first kappa shape index (κ1) is 14.2. The Hall–Kier alpha value is -3.22. The Morgan fingerprint density at radius 2 is 1.24 bits per heavy atom. The molecule has 0 bridgehead atoms. The summed E-state index contributed by atoms with van der Waals surface area (Å²) in [6.45, 7) is 0. The van der Waals surface area contributed by atoms with Gasteiger partial charge in [0.25, 0.3) is 0 Å². The third-order valence-corrected chi connectivity index (χ3v) is 2.53. The van der Waals surface area contributed by atoms with Crippen molar-refractivity contribution in [2.75, 3.05) is 4.90 Å². The van der Waals surface area contributed by atoms with Gasteiger partial charge in [-0.05, 0) is 36.4 Å². The molecule has 2 aromatic carbocycles. The third kappa shape index (κ3) is 3.63. The van der Waals surface area contributed by atoms with Crippen LogP contribution in [0.25, 0.3) is 0 Å². The van der Waals surface area contributed by atoms with Crippen LogP contribution in [0.5, 0.6) is 0 Å². The second-order valence-electron chi connectivity index (χ2n) is 3.95. The first-order valence-electron chi connectivity index (χ1n) is 5.91. The predicted molar refractivity (Wildman–Crippen MR) is 75.6 cm³/mol. The summed E-state index contributed by atoms with van der Waals surface area (Å²) in [5.41, 5.74) is 1.19. The minimum absolute atomic E-state index is 0.0219. The van der Waals surface area contributed by atoms with Gasteiger partial charge in [-0.1, -0.05) is 18.2 Å². The largest absolute Gasteiger partial charge is 0.464 e. The first-order chi connectivity index (χ1) is 10.1. The highest BCUT2D eigenvalue weighted by Crippen LogP contribution is 2.22. The summed E-state index contributed by atoms with van der Waals surface area (Å²) in [5, 5.41) is 25.6. The van der Waals surface area contributed by atoms with E-state index in [1.165, 1.54) is 24.3 Å². The molecule has 2 amide bonds. The number of nitrogens with zero attached hydrogens (tertiary/aromatic N) is 3. The monoisotopic (exact) mass is 285 g/mol. The van der Waals surface area contributed by atoms with E-state index >= 15 is 0 Å². The molecule has 2 N–H and O–H groups in total. The fraction of sp³-hybridized carbons (Fsp3) is 0. The number of hydrogen-bond donors (Lipinski definition) is 2. The summed E-state index contributed by atoms with van der Waals surface area (Å²) in [7, 11) is 0. The van der Waals surface area contributed by atoms with Crippen LogP contribution in [-0.2, 0) is 0 Å². The molecule has 0 unspecified atom stereocenters. The average Bonchev–Trinajstić information content (AvgIpc) is 2.47. The average molecular weight is 285 g/mol. The molecule has 0 aliphatic heterocycles. The van der Waals surface area contributed by atoms with Gasteiger partial charge in [0.2, 0.25) is 0 Å². The second kappa shape index (κ2) is 6.29. The normalized spacial score (nSPS) is 10.5. The molecule has 0 spiro atoms. The number of carbonyl (C=O) groups is 2. The molecule has 21 heavy (non-hydrogen) atoms. The lowest BCUT2D eigenvalue weighted by Gasteiger charge is -2.12. The van der Waals surface area contributed by atoms with Gasteiger partial charge in [-0.2, -0.15) is 15.1 Å². The van der Waals surface area contributed by atoms with Gasteiger partial charge in [0.05, 0.1) is 17.1 Å². The lowest BCUT2D eigenvalue weighted by Crippen LogP contribution is -2.34. The van der Waals surface area contributed by atoms with Crippen molar-refractivity contribution in [3.63, 3.8) is 0 Å². The standard InChI is InChI=1S/C14H11N3O4/c18-13(19)17(14(20)21)12-8-6-11(7-9-12)16-15-10-4-2-1-3-5-10/h1-9H,(H,18,19)(H,20,21). The molecule has 0 aliphatic rings. The van der Waals surface area contributed by atoms with Crippen LogP contribution in [0.15, 0.2) is 64.8 Å². The van der Waals surface area contributed by atoms with Crippen molar-refractivity contribution in [1.29, 1.82) is 0 Å². The van der Waals surface area contributed by atoms with Gasteiger partial charge in [-0.25, -0.2) is 9.59 Å². The zero-order chi connectivity index (χ0) is 15.2. The van der Waals surface area contributed by atoms with Crippen LogP contribution in [-0.4, -0.2) is 22.4 Å². The maximum atomic E-state index is 10.8. The molecule has 0 aromatic heterocycles. The molecule has 106 valence electrons. The summed E-state index contributed by atoms with van der Waals surface area (Å²) >= 11 is 0. The molecule has 7 nitrogen and oxygen atoms in total. The van der Waals surface area contributed by atoms with E-state index in [0.717, 1.165) is 0 Å². The van der Waals surface area contributed by atoms with E-state index in [1.54, 1.807) is 12.1 Å². The van der Waals surface area contributed by atoms with Crippen molar-refractivity contribution >= 4 is 29.2 Å². The number of benzene rings is 2. The molecule has 2 aromatic rings. The SMILES string of the molecule is O=C(O)N(C(=O)O)c1ccc(N=Nc2ccccc2)cc1. The molecule has 7 heteroatoms. The number of imide groups is 1. The molecule has 0 fully saturated rings. The van der Waals surface area contributed by atoms with Crippen LogP contribution in [0, 0.1) is 0 Å². The maximum Gasteiger partial charge on any atom is 0.421 e. The second-order valence-corrected chi connectivity index (χ2v) is 3.95.